The van der Waals surface area contributed by atoms with Crippen molar-refractivity contribution in [2.45, 2.75) is 6.54 Å². The van der Waals surface area contributed by atoms with Gasteiger partial charge in [-0.1, -0.05) is 53.5 Å². The molecule has 0 aliphatic carbocycles. The quantitative estimate of drug-likeness (QED) is 0.307. The molecule has 0 atom stereocenters. The van der Waals surface area contributed by atoms with E-state index in [0.29, 0.717) is 5.01 Å². The van der Waals surface area contributed by atoms with Gasteiger partial charge in [0.25, 0.3) is 5.91 Å². The van der Waals surface area contributed by atoms with Crippen LogP contribution in [-0.2, 0) is 11.3 Å². The second-order valence-electron chi connectivity index (χ2n) is 6.28. The molecule has 1 amide bonds. The minimum Gasteiger partial charge on any atom is -0.506 e. The second-order valence-corrected chi connectivity index (χ2v) is 8.03. The van der Waals surface area contributed by atoms with Crippen molar-refractivity contribution >= 4 is 46.2 Å². The third-order valence-electron chi connectivity index (χ3n) is 4.19. The van der Waals surface area contributed by atoms with Gasteiger partial charge in [0.05, 0.1) is 22.3 Å². The summed E-state index contributed by atoms with van der Waals surface area (Å²) in [5.74, 6) is -1.62. The summed E-state index contributed by atoms with van der Waals surface area (Å²) >= 11 is 13.1. The molecule has 1 heterocycles. The zero-order chi connectivity index (χ0) is 21.8. The topological polar surface area (TPSA) is 97.5 Å². The number of hydrogen-bond donors (Lipinski definition) is 2. The number of carbonyl (C=O) groups excluding carboxylic acids is 1. The van der Waals surface area contributed by atoms with Gasteiger partial charge in [0, 0.05) is 23.6 Å². The molecule has 0 unspecified atom stereocenters. The Labute approximate surface area is 186 Å². The first-order chi connectivity index (χ1) is 14.3. The van der Waals surface area contributed by atoms with Gasteiger partial charge in [0.2, 0.25) is 0 Å². The second kappa shape index (κ2) is 9.18. The lowest BCUT2D eigenvalue weighted by molar-refractivity contribution is -0.126. The van der Waals surface area contributed by atoms with Crippen molar-refractivity contribution in [1.29, 1.82) is 5.26 Å². The fourth-order valence-corrected chi connectivity index (χ4v) is 3.98. The molecule has 2 aromatic carbocycles. The van der Waals surface area contributed by atoms with Crippen molar-refractivity contribution in [2.75, 3.05) is 7.05 Å². The number of nitrogens with zero attached hydrogens (tertiary/aromatic N) is 3. The number of nitriles is 1. The van der Waals surface area contributed by atoms with Gasteiger partial charge in [-0.2, -0.15) is 5.26 Å². The minimum absolute atomic E-state index is 0.0433. The molecule has 0 radical (unpaired) electrons. The van der Waals surface area contributed by atoms with Crippen LogP contribution in [0.3, 0.4) is 0 Å². The molecule has 3 rings (SSSR count). The number of carbonyl (C=O) groups is 1. The van der Waals surface area contributed by atoms with Crippen molar-refractivity contribution in [2.24, 2.45) is 0 Å². The van der Waals surface area contributed by atoms with Crippen LogP contribution in [0.4, 0.5) is 0 Å². The molecule has 0 aliphatic rings. The summed E-state index contributed by atoms with van der Waals surface area (Å²) in [6.07, 6.45) is 0. The van der Waals surface area contributed by atoms with Crippen LogP contribution in [0.5, 0.6) is 5.75 Å². The fourth-order valence-electron chi connectivity index (χ4n) is 2.64. The summed E-state index contributed by atoms with van der Waals surface area (Å²) in [5, 5.41) is 31.9. The van der Waals surface area contributed by atoms with Gasteiger partial charge in [0.15, 0.2) is 11.3 Å². The molecule has 0 fully saturated rings. The highest BCUT2D eigenvalue weighted by molar-refractivity contribution is 7.09. The molecule has 0 bridgehead atoms. The predicted octanol–water partition coefficient (Wildman–Crippen LogP) is 5.27. The van der Waals surface area contributed by atoms with Gasteiger partial charge >= 0.3 is 0 Å². The Morgan fingerprint density at radius 1 is 1.23 bits per heavy atom. The van der Waals surface area contributed by atoms with Gasteiger partial charge in [-0.05, 0) is 12.1 Å². The molecular formula is C21H15Cl2N3O3S. The number of benzene rings is 2. The van der Waals surface area contributed by atoms with E-state index in [1.54, 1.807) is 6.07 Å². The number of phenols is 1. The number of hydrogen-bond acceptors (Lipinski definition) is 6. The molecule has 0 aliphatic heterocycles. The van der Waals surface area contributed by atoms with Gasteiger partial charge in [-0.15, -0.1) is 11.3 Å². The van der Waals surface area contributed by atoms with Gasteiger partial charge in [-0.3, -0.25) is 4.79 Å². The number of likely N-dealkylation sites (N-methyl/N-ethyl adjacent to an activating group) is 1. The Balaban J connectivity index is 1.83. The zero-order valence-electron chi connectivity index (χ0n) is 15.6. The highest BCUT2D eigenvalue weighted by Gasteiger charge is 2.22. The number of thiazole rings is 1. The third kappa shape index (κ3) is 4.57. The number of aromatic nitrogens is 1. The van der Waals surface area contributed by atoms with E-state index in [1.807, 2.05) is 35.7 Å². The average Bonchev–Trinajstić information content (AvgIpc) is 3.21. The molecule has 6 nitrogen and oxygen atoms in total. The summed E-state index contributed by atoms with van der Waals surface area (Å²) in [7, 11) is 1.51. The Kier molecular flexibility index (Phi) is 6.63. The number of aliphatic hydroxyl groups excluding tert-OH is 1. The maximum Gasteiger partial charge on any atom is 0.268 e. The summed E-state index contributed by atoms with van der Waals surface area (Å²) in [6, 6.07) is 13.8. The molecule has 0 saturated heterocycles. The maximum atomic E-state index is 12.8. The molecule has 3 aromatic rings. The van der Waals surface area contributed by atoms with E-state index >= 15 is 0 Å². The van der Waals surface area contributed by atoms with E-state index < -0.39 is 17.2 Å². The van der Waals surface area contributed by atoms with Crippen LogP contribution in [-0.4, -0.2) is 33.1 Å². The lowest BCUT2D eigenvalue weighted by Crippen LogP contribution is -2.28. The molecule has 152 valence electrons. The normalized spacial score (nSPS) is 11.5. The van der Waals surface area contributed by atoms with Gasteiger partial charge in [-0.25, -0.2) is 4.98 Å². The van der Waals surface area contributed by atoms with Crippen molar-refractivity contribution in [3.8, 4) is 23.1 Å². The first kappa shape index (κ1) is 21.7. The van der Waals surface area contributed by atoms with Crippen molar-refractivity contribution in [3.05, 3.63) is 74.0 Å². The first-order valence-corrected chi connectivity index (χ1v) is 10.2. The van der Waals surface area contributed by atoms with E-state index in [4.69, 9.17) is 23.2 Å². The predicted molar refractivity (Wildman–Crippen MR) is 117 cm³/mol. The molecule has 30 heavy (non-hydrogen) atoms. The number of phenolic OH excluding ortho intramolecular Hbond substituents is 1. The van der Waals surface area contributed by atoms with Crippen LogP contribution in [0.25, 0.3) is 17.0 Å². The molecule has 1 aromatic heterocycles. The summed E-state index contributed by atoms with van der Waals surface area (Å²) in [4.78, 5) is 18.6. The Morgan fingerprint density at radius 2 is 1.87 bits per heavy atom. The smallest absolute Gasteiger partial charge is 0.268 e. The number of amides is 1. The lowest BCUT2D eigenvalue weighted by Gasteiger charge is -2.16. The van der Waals surface area contributed by atoms with Crippen LogP contribution < -0.4 is 0 Å². The fraction of sp³-hybridized carbons (Fsp3) is 0.0952. The van der Waals surface area contributed by atoms with Crippen molar-refractivity contribution < 1.29 is 15.0 Å². The highest BCUT2D eigenvalue weighted by atomic mass is 35.5. The minimum atomic E-state index is -0.688. The van der Waals surface area contributed by atoms with Crippen LogP contribution in [0, 0.1) is 11.3 Å². The monoisotopic (exact) mass is 459 g/mol. The molecule has 0 spiro atoms. The standard InChI is InChI=1S/C21H15Cl2N3O3S/c1-26(10-18-25-17(11-30-18)12-5-3-2-4-6-12)21(29)14(9-24)19(27)13-7-15(22)20(28)16(23)8-13/h2-8,11,27-28H,10H2,1H3/b19-14-. The third-order valence-corrected chi connectivity index (χ3v) is 5.60. The summed E-state index contributed by atoms with van der Waals surface area (Å²) < 4.78 is 0. The molecule has 2 N–H and O–H groups in total. The maximum absolute atomic E-state index is 12.8. The Bertz CT molecular complexity index is 1150. The number of aliphatic hydroxyl groups is 1. The average molecular weight is 460 g/mol. The number of halogens is 2. The molecule has 0 saturated carbocycles. The van der Waals surface area contributed by atoms with E-state index in [2.05, 4.69) is 4.98 Å². The lowest BCUT2D eigenvalue weighted by atomic mass is 10.1. The summed E-state index contributed by atoms with van der Waals surface area (Å²) in [5.41, 5.74) is 1.32. The van der Waals surface area contributed by atoms with Crippen LogP contribution in [0.1, 0.15) is 10.6 Å². The van der Waals surface area contributed by atoms with Crippen molar-refractivity contribution in [3.63, 3.8) is 0 Å². The highest BCUT2D eigenvalue weighted by Crippen LogP contribution is 2.35. The van der Waals surface area contributed by atoms with Crippen LogP contribution in [0.15, 0.2) is 53.4 Å². The zero-order valence-corrected chi connectivity index (χ0v) is 18.0. The Morgan fingerprint density at radius 3 is 2.47 bits per heavy atom. The number of aromatic hydroxyl groups is 1. The van der Waals surface area contributed by atoms with E-state index in [-0.39, 0.29) is 27.9 Å². The van der Waals surface area contributed by atoms with Crippen LogP contribution in [0.2, 0.25) is 10.0 Å². The van der Waals surface area contributed by atoms with E-state index in [1.165, 1.54) is 35.4 Å². The number of rotatable bonds is 5. The van der Waals surface area contributed by atoms with E-state index in [0.717, 1.165) is 11.3 Å². The van der Waals surface area contributed by atoms with Gasteiger partial charge in [0.1, 0.15) is 16.8 Å². The first-order valence-electron chi connectivity index (χ1n) is 8.58. The van der Waals surface area contributed by atoms with Crippen molar-refractivity contribution in [1.82, 2.24) is 9.88 Å². The van der Waals surface area contributed by atoms with Gasteiger partial charge < -0.3 is 15.1 Å². The van der Waals surface area contributed by atoms with Crippen LogP contribution >= 0.6 is 34.5 Å². The van der Waals surface area contributed by atoms with E-state index in [9.17, 15) is 20.3 Å². The SMILES string of the molecule is CN(Cc1nc(-c2ccccc2)cs1)C(=O)/C(C#N)=C(\O)c1cc(Cl)c(O)c(Cl)c1. The molecule has 9 heteroatoms. The largest absolute Gasteiger partial charge is 0.506 e. The summed E-state index contributed by atoms with van der Waals surface area (Å²) in [6.45, 7) is 0.159. The molecular weight excluding hydrogens is 445 g/mol. The Hall–Kier alpha value is -3.05.